The van der Waals surface area contributed by atoms with E-state index in [4.69, 9.17) is 0 Å². The second-order valence-corrected chi connectivity index (χ2v) is 5.97. The first-order valence-electron chi connectivity index (χ1n) is 7.79. The smallest absolute Gasteiger partial charge is 0.257 e. The van der Waals surface area contributed by atoms with Gasteiger partial charge in [-0.1, -0.05) is 12.1 Å². The lowest BCUT2D eigenvalue weighted by atomic mass is 10.1. The molecule has 0 radical (unpaired) electrons. The number of hydrogen-bond donors (Lipinski definition) is 0. The molecule has 1 aromatic carbocycles. The van der Waals surface area contributed by atoms with Crippen molar-refractivity contribution in [1.29, 1.82) is 0 Å². The van der Waals surface area contributed by atoms with Gasteiger partial charge in [0.2, 0.25) is 0 Å². The number of nitrogens with zero attached hydrogens (tertiary/aromatic N) is 4. The van der Waals surface area contributed by atoms with Crippen LogP contribution in [0.2, 0.25) is 0 Å². The third-order valence-electron chi connectivity index (χ3n) is 4.42. The van der Waals surface area contributed by atoms with Gasteiger partial charge in [0.1, 0.15) is 5.82 Å². The summed E-state index contributed by atoms with van der Waals surface area (Å²) in [5.74, 6) is -0.163. The second-order valence-electron chi connectivity index (χ2n) is 5.97. The third kappa shape index (κ3) is 3.42. The van der Waals surface area contributed by atoms with E-state index in [0.29, 0.717) is 25.2 Å². The zero-order chi connectivity index (χ0) is 16.4. The van der Waals surface area contributed by atoms with Crippen LogP contribution in [0, 0.1) is 12.7 Å². The van der Waals surface area contributed by atoms with Crippen molar-refractivity contribution in [3.63, 3.8) is 0 Å². The van der Waals surface area contributed by atoms with Crippen molar-refractivity contribution in [1.82, 2.24) is 19.6 Å². The van der Waals surface area contributed by atoms with Crippen molar-refractivity contribution in [2.45, 2.75) is 13.5 Å². The van der Waals surface area contributed by atoms with Gasteiger partial charge in [0.25, 0.3) is 5.91 Å². The molecular weight excluding hydrogens is 295 g/mol. The van der Waals surface area contributed by atoms with Gasteiger partial charge >= 0.3 is 0 Å². The first kappa shape index (κ1) is 15.7. The molecule has 0 aliphatic carbocycles. The predicted molar refractivity (Wildman–Crippen MR) is 85.5 cm³/mol. The quantitative estimate of drug-likeness (QED) is 0.867. The van der Waals surface area contributed by atoms with Crippen molar-refractivity contribution in [2.24, 2.45) is 7.05 Å². The van der Waals surface area contributed by atoms with Crippen LogP contribution in [0.25, 0.3) is 0 Å². The summed E-state index contributed by atoms with van der Waals surface area (Å²) in [4.78, 5) is 16.7. The third-order valence-corrected chi connectivity index (χ3v) is 4.42. The van der Waals surface area contributed by atoms with Crippen LogP contribution in [0.3, 0.4) is 0 Å². The Bertz CT molecular complexity index is 704. The lowest BCUT2D eigenvalue weighted by Gasteiger charge is -2.34. The fourth-order valence-corrected chi connectivity index (χ4v) is 2.88. The van der Waals surface area contributed by atoms with Crippen LogP contribution in [0.4, 0.5) is 4.39 Å². The molecule has 5 nitrogen and oxygen atoms in total. The number of benzene rings is 1. The maximum Gasteiger partial charge on any atom is 0.257 e. The van der Waals surface area contributed by atoms with Gasteiger partial charge in [-0.2, -0.15) is 5.10 Å². The van der Waals surface area contributed by atoms with Crippen molar-refractivity contribution >= 4 is 5.91 Å². The Labute approximate surface area is 135 Å². The molecule has 1 aliphatic heterocycles. The Morgan fingerprint density at radius 2 is 2.00 bits per heavy atom. The van der Waals surface area contributed by atoms with Crippen molar-refractivity contribution in [3.8, 4) is 0 Å². The van der Waals surface area contributed by atoms with Crippen LogP contribution < -0.4 is 0 Å². The zero-order valence-corrected chi connectivity index (χ0v) is 13.5. The number of carbonyl (C=O) groups is 1. The van der Waals surface area contributed by atoms with Crippen LogP contribution in [0.1, 0.15) is 21.6 Å². The van der Waals surface area contributed by atoms with Gasteiger partial charge in [-0.15, -0.1) is 0 Å². The molecule has 1 amide bonds. The van der Waals surface area contributed by atoms with Gasteiger partial charge in [0, 0.05) is 45.5 Å². The Morgan fingerprint density at radius 1 is 1.26 bits per heavy atom. The van der Waals surface area contributed by atoms with E-state index in [2.05, 4.69) is 10.00 Å². The minimum atomic E-state index is -0.205. The topological polar surface area (TPSA) is 41.4 Å². The summed E-state index contributed by atoms with van der Waals surface area (Å²) in [5, 5.41) is 4.13. The van der Waals surface area contributed by atoms with Crippen LogP contribution in [-0.2, 0) is 13.6 Å². The molecule has 1 fully saturated rings. The molecular formula is C17H21FN4O. The maximum atomic E-state index is 13.2. The molecule has 2 heterocycles. The van der Waals surface area contributed by atoms with E-state index in [0.717, 1.165) is 24.3 Å². The second kappa shape index (κ2) is 6.50. The SMILES string of the molecule is Cc1c(C(=O)N2CCN(Cc3cccc(F)c3)CC2)cnn1C. The highest BCUT2D eigenvalue weighted by Crippen LogP contribution is 2.14. The summed E-state index contributed by atoms with van der Waals surface area (Å²) in [7, 11) is 1.84. The molecule has 1 saturated heterocycles. The lowest BCUT2D eigenvalue weighted by molar-refractivity contribution is 0.0627. The minimum absolute atomic E-state index is 0.0426. The van der Waals surface area contributed by atoms with Crippen LogP contribution in [0.15, 0.2) is 30.5 Å². The molecule has 3 rings (SSSR count). The van der Waals surface area contributed by atoms with Crippen molar-refractivity contribution in [3.05, 3.63) is 53.1 Å². The number of aromatic nitrogens is 2. The molecule has 0 N–H and O–H groups in total. The van der Waals surface area contributed by atoms with E-state index in [-0.39, 0.29) is 11.7 Å². The summed E-state index contributed by atoms with van der Waals surface area (Å²) < 4.78 is 15.0. The van der Waals surface area contributed by atoms with E-state index in [1.165, 1.54) is 6.07 Å². The molecule has 0 saturated carbocycles. The fourth-order valence-electron chi connectivity index (χ4n) is 2.88. The largest absolute Gasteiger partial charge is 0.336 e. The first-order valence-corrected chi connectivity index (χ1v) is 7.79. The fraction of sp³-hybridized carbons (Fsp3) is 0.412. The number of hydrogen-bond acceptors (Lipinski definition) is 3. The van der Waals surface area contributed by atoms with Crippen LogP contribution >= 0.6 is 0 Å². The van der Waals surface area contributed by atoms with Crippen molar-refractivity contribution in [2.75, 3.05) is 26.2 Å². The minimum Gasteiger partial charge on any atom is -0.336 e. The Kier molecular flexibility index (Phi) is 4.43. The molecule has 0 atom stereocenters. The van der Waals surface area contributed by atoms with Gasteiger partial charge in [-0.05, 0) is 24.6 Å². The molecule has 122 valence electrons. The number of amides is 1. The summed E-state index contributed by atoms with van der Waals surface area (Å²) in [6, 6.07) is 6.68. The summed E-state index contributed by atoms with van der Waals surface area (Å²) >= 11 is 0. The van der Waals surface area contributed by atoms with Gasteiger partial charge < -0.3 is 4.90 Å². The highest BCUT2D eigenvalue weighted by atomic mass is 19.1. The summed E-state index contributed by atoms with van der Waals surface area (Å²) in [5.41, 5.74) is 2.52. The first-order chi connectivity index (χ1) is 11.0. The molecule has 23 heavy (non-hydrogen) atoms. The Hall–Kier alpha value is -2.21. The Morgan fingerprint density at radius 3 is 2.61 bits per heavy atom. The van der Waals surface area contributed by atoms with E-state index in [1.54, 1.807) is 23.0 Å². The number of piperazine rings is 1. The molecule has 1 aliphatic rings. The Balaban J connectivity index is 1.58. The number of rotatable bonds is 3. The number of halogens is 1. The lowest BCUT2D eigenvalue weighted by Crippen LogP contribution is -2.48. The molecule has 2 aromatic rings. The summed E-state index contributed by atoms with van der Waals surface area (Å²) in [6.45, 7) is 5.57. The van der Waals surface area contributed by atoms with E-state index >= 15 is 0 Å². The highest BCUT2D eigenvalue weighted by molar-refractivity contribution is 5.95. The van der Waals surface area contributed by atoms with Crippen molar-refractivity contribution < 1.29 is 9.18 Å². The monoisotopic (exact) mass is 316 g/mol. The maximum absolute atomic E-state index is 13.2. The van der Waals surface area contributed by atoms with Gasteiger partial charge in [0.05, 0.1) is 11.8 Å². The normalized spacial score (nSPS) is 15.9. The molecule has 6 heteroatoms. The predicted octanol–water partition coefficient (Wildman–Crippen LogP) is 1.83. The highest BCUT2D eigenvalue weighted by Gasteiger charge is 2.24. The summed E-state index contributed by atoms with van der Waals surface area (Å²) in [6.07, 6.45) is 1.64. The van der Waals surface area contributed by atoms with E-state index in [9.17, 15) is 9.18 Å². The van der Waals surface area contributed by atoms with E-state index in [1.807, 2.05) is 24.9 Å². The van der Waals surface area contributed by atoms with E-state index < -0.39 is 0 Å². The zero-order valence-electron chi connectivity index (χ0n) is 13.5. The molecule has 1 aromatic heterocycles. The molecule has 0 spiro atoms. The van der Waals surface area contributed by atoms with Crippen LogP contribution in [0.5, 0.6) is 0 Å². The number of aryl methyl sites for hydroxylation is 1. The van der Waals surface area contributed by atoms with Crippen LogP contribution in [-0.4, -0.2) is 51.7 Å². The molecule has 0 unspecified atom stereocenters. The molecule has 0 bridgehead atoms. The standard InChI is InChI=1S/C17H21FN4O/c1-13-16(11-19-20(13)2)17(23)22-8-6-21(7-9-22)12-14-4-3-5-15(18)10-14/h3-5,10-11H,6-9,12H2,1-2H3. The number of carbonyl (C=O) groups excluding carboxylic acids is 1. The average Bonchev–Trinajstić information content (AvgIpc) is 2.87. The van der Waals surface area contributed by atoms with Gasteiger partial charge in [0.15, 0.2) is 0 Å². The average molecular weight is 316 g/mol. The van der Waals surface area contributed by atoms with Gasteiger partial charge in [-0.25, -0.2) is 4.39 Å². The van der Waals surface area contributed by atoms with Gasteiger partial charge in [-0.3, -0.25) is 14.4 Å².